The fourth-order valence-corrected chi connectivity index (χ4v) is 0.914. The van der Waals surface area contributed by atoms with Crippen molar-refractivity contribution in [3.05, 3.63) is 24.0 Å². The molecule has 0 bridgehead atoms. The van der Waals surface area contributed by atoms with Crippen LogP contribution in [0.15, 0.2) is 18.3 Å². The van der Waals surface area contributed by atoms with Crippen LogP contribution >= 0.6 is 0 Å². The van der Waals surface area contributed by atoms with Gasteiger partial charge in [0.2, 0.25) is 0 Å². The number of aliphatic hydroxyl groups excluding tert-OH is 2. The summed E-state index contributed by atoms with van der Waals surface area (Å²) in [6.07, 6.45) is 1.08. The molecule has 0 aliphatic carbocycles. The van der Waals surface area contributed by atoms with E-state index in [0.717, 1.165) is 5.69 Å². The molecule has 0 aliphatic heterocycles. The topological polar surface area (TPSA) is 45.4 Å². The lowest BCUT2D eigenvalue weighted by Crippen LogP contribution is -2.06. The molecule has 0 radical (unpaired) electrons. The highest BCUT2D eigenvalue weighted by molar-refractivity contribution is 5.09. The molecule has 1 aromatic heterocycles. The summed E-state index contributed by atoms with van der Waals surface area (Å²) >= 11 is 0. The Bertz CT molecular complexity index is 207. The Kier molecular flexibility index (Phi) is 2.09. The monoisotopic (exact) mass is 141 g/mol. The van der Waals surface area contributed by atoms with Crippen LogP contribution in [-0.4, -0.2) is 21.4 Å². The second-order valence-corrected chi connectivity index (χ2v) is 2.24. The van der Waals surface area contributed by atoms with Gasteiger partial charge in [-0.15, -0.1) is 0 Å². The van der Waals surface area contributed by atoms with Gasteiger partial charge in [0, 0.05) is 18.9 Å². The molecule has 3 nitrogen and oxygen atoms in total. The van der Waals surface area contributed by atoms with Gasteiger partial charge in [0.25, 0.3) is 0 Å². The summed E-state index contributed by atoms with van der Waals surface area (Å²) in [5, 5.41) is 17.7. The summed E-state index contributed by atoms with van der Waals surface area (Å²) in [6, 6.07) is 3.61. The summed E-state index contributed by atoms with van der Waals surface area (Å²) in [4.78, 5) is 0. The highest BCUT2D eigenvalue weighted by Crippen LogP contribution is 2.10. The number of hydrogen-bond donors (Lipinski definition) is 2. The Balaban J connectivity index is 2.82. The Morgan fingerprint density at radius 1 is 1.70 bits per heavy atom. The van der Waals surface area contributed by atoms with Gasteiger partial charge < -0.3 is 14.8 Å². The zero-order chi connectivity index (χ0) is 7.56. The van der Waals surface area contributed by atoms with E-state index in [4.69, 9.17) is 10.2 Å². The normalized spacial score (nSPS) is 13.5. The SMILES string of the molecule is Cn1cccc1C(O)CO. The van der Waals surface area contributed by atoms with Crippen LogP contribution in [0.25, 0.3) is 0 Å². The zero-order valence-corrected chi connectivity index (χ0v) is 5.86. The Labute approximate surface area is 59.5 Å². The number of rotatable bonds is 2. The summed E-state index contributed by atoms with van der Waals surface area (Å²) in [6.45, 7) is -0.224. The maximum atomic E-state index is 9.13. The van der Waals surface area contributed by atoms with Crippen molar-refractivity contribution in [2.24, 2.45) is 7.05 Å². The molecule has 2 N–H and O–H groups in total. The van der Waals surface area contributed by atoms with E-state index < -0.39 is 6.10 Å². The molecule has 10 heavy (non-hydrogen) atoms. The van der Waals surface area contributed by atoms with Crippen molar-refractivity contribution in [2.45, 2.75) is 6.10 Å². The predicted molar refractivity (Wildman–Crippen MR) is 37.5 cm³/mol. The third-order valence-corrected chi connectivity index (χ3v) is 1.50. The van der Waals surface area contributed by atoms with E-state index >= 15 is 0 Å². The quantitative estimate of drug-likeness (QED) is 0.611. The smallest absolute Gasteiger partial charge is 0.117 e. The van der Waals surface area contributed by atoms with E-state index in [-0.39, 0.29) is 6.61 Å². The molecule has 0 aliphatic rings. The van der Waals surface area contributed by atoms with Crippen molar-refractivity contribution >= 4 is 0 Å². The molecular weight excluding hydrogens is 130 g/mol. The van der Waals surface area contributed by atoms with E-state index in [2.05, 4.69) is 0 Å². The first-order valence-electron chi connectivity index (χ1n) is 3.16. The van der Waals surface area contributed by atoms with Crippen LogP contribution in [0, 0.1) is 0 Å². The molecule has 0 amide bonds. The van der Waals surface area contributed by atoms with Gasteiger partial charge in [0.15, 0.2) is 0 Å². The van der Waals surface area contributed by atoms with Gasteiger partial charge in [-0.25, -0.2) is 0 Å². The van der Waals surface area contributed by atoms with Gasteiger partial charge in [0.05, 0.1) is 6.61 Å². The van der Waals surface area contributed by atoms with Crippen molar-refractivity contribution in [3.63, 3.8) is 0 Å². The second-order valence-electron chi connectivity index (χ2n) is 2.24. The van der Waals surface area contributed by atoms with Crippen LogP contribution in [0.2, 0.25) is 0 Å². The van der Waals surface area contributed by atoms with Gasteiger partial charge >= 0.3 is 0 Å². The first-order chi connectivity index (χ1) is 4.75. The fraction of sp³-hybridized carbons (Fsp3) is 0.429. The average Bonchev–Trinajstić information content (AvgIpc) is 2.34. The molecule has 1 heterocycles. The van der Waals surface area contributed by atoms with Crippen molar-refractivity contribution < 1.29 is 10.2 Å². The molecule has 0 aromatic carbocycles. The molecule has 3 heteroatoms. The van der Waals surface area contributed by atoms with E-state index in [1.165, 1.54) is 0 Å². The standard InChI is InChI=1S/C7H11NO2/c1-8-4-2-3-6(8)7(10)5-9/h2-4,7,9-10H,5H2,1H3. The molecule has 1 aromatic rings. The van der Waals surface area contributed by atoms with Crippen molar-refractivity contribution in [3.8, 4) is 0 Å². The molecular formula is C7H11NO2. The van der Waals surface area contributed by atoms with Crippen molar-refractivity contribution in [1.82, 2.24) is 4.57 Å². The number of hydrogen-bond acceptors (Lipinski definition) is 2. The third kappa shape index (κ3) is 1.20. The minimum atomic E-state index is -0.750. The number of nitrogens with zero attached hydrogens (tertiary/aromatic N) is 1. The van der Waals surface area contributed by atoms with Crippen molar-refractivity contribution in [2.75, 3.05) is 6.61 Å². The number of aryl methyl sites for hydroxylation is 1. The zero-order valence-electron chi connectivity index (χ0n) is 5.86. The van der Waals surface area contributed by atoms with E-state index in [1.807, 2.05) is 19.3 Å². The molecule has 1 rings (SSSR count). The highest BCUT2D eigenvalue weighted by atomic mass is 16.3. The molecule has 0 spiro atoms. The maximum Gasteiger partial charge on any atom is 0.117 e. The molecule has 0 saturated heterocycles. The summed E-state index contributed by atoms with van der Waals surface area (Å²) in [5.74, 6) is 0. The van der Waals surface area contributed by atoms with Crippen LogP contribution in [0.3, 0.4) is 0 Å². The average molecular weight is 141 g/mol. The Morgan fingerprint density at radius 3 is 2.80 bits per heavy atom. The van der Waals surface area contributed by atoms with E-state index in [1.54, 1.807) is 10.6 Å². The lowest BCUT2D eigenvalue weighted by molar-refractivity contribution is 0.0900. The second kappa shape index (κ2) is 2.86. The minimum Gasteiger partial charge on any atom is -0.393 e. The summed E-state index contributed by atoms with van der Waals surface area (Å²) < 4.78 is 1.78. The van der Waals surface area contributed by atoms with Crippen LogP contribution < -0.4 is 0 Å². The first kappa shape index (κ1) is 7.31. The Morgan fingerprint density at radius 2 is 2.40 bits per heavy atom. The lowest BCUT2D eigenvalue weighted by atomic mass is 10.3. The predicted octanol–water partition coefficient (Wildman–Crippen LogP) is 0.0508. The van der Waals surface area contributed by atoms with Crippen LogP contribution in [0.5, 0.6) is 0 Å². The minimum absolute atomic E-state index is 0.224. The van der Waals surface area contributed by atoms with Crippen LogP contribution in [-0.2, 0) is 7.05 Å². The number of aliphatic hydroxyl groups is 2. The van der Waals surface area contributed by atoms with Gasteiger partial charge in [0.1, 0.15) is 6.10 Å². The summed E-state index contributed by atoms with van der Waals surface area (Å²) in [7, 11) is 1.83. The molecule has 0 fully saturated rings. The van der Waals surface area contributed by atoms with Crippen molar-refractivity contribution in [1.29, 1.82) is 0 Å². The molecule has 1 unspecified atom stereocenters. The van der Waals surface area contributed by atoms with Gasteiger partial charge in [-0.3, -0.25) is 0 Å². The molecule has 0 saturated carbocycles. The fourth-order valence-electron chi connectivity index (χ4n) is 0.914. The third-order valence-electron chi connectivity index (χ3n) is 1.50. The van der Waals surface area contributed by atoms with Crippen LogP contribution in [0.4, 0.5) is 0 Å². The van der Waals surface area contributed by atoms with Crippen LogP contribution in [0.1, 0.15) is 11.8 Å². The highest BCUT2D eigenvalue weighted by Gasteiger charge is 2.07. The largest absolute Gasteiger partial charge is 0.393 e. The van der Waals surface area contributed by atoms with Gasteiger partial charge in [-0.1, -0.05) is 0 Å². The number of aromatic nitrogens is 1. The summed E-state index contributed by atoms with van der Waals surface area (Å²) in [5.41, 5.74) is 0.738. The van der Waals surface area contributed by atoms with E-state index in [9.17, 15) is 0 Å². The maximum absolute atomic E-state index is 9.13. The Hall–Kier alpha value is -0.800. The molecule has 56 valence electrons. The van der Waals surface area contributed by atoms with E-state index in [0.29, 0.717) is 0 Å². The van der Waals surface area contributed by atoms with Gasteiger partial charge in [-0.2, -0.15) is 0 Å². The molecule has 1 atom stereocenters. The lowest BCUT2D eigenvalue weighted by Gasteiger charge is -2.07. The first-order valence-corrected chi connectivity index (χ1v) is 3.16. The van der Waals surface area contributed by atoms with Gasteiger partial charge in [-0.05, 0) is 12.1 Å².